The molecule has 0 N–H and O–H groups in total. The van der Waals surface area contributed by atoms with Crippen molar-refractivity contribution in [2.75, 3.05) is 0 Å². The summed E-state index contributed by atoms with van der Waals surface area (Å²) in [6.45, 7) is 1.96. The van der Waals surface area contributed by atoms with E-state index in [0.29, 0.717) is 12.3 Å². The van der Waals surface area contributed by atoms with Crippen LogP contribution in [0.2, 0.25) is 0 Å². The normalized spacial score (nSPS) is 39.0. The third-order valence-electron chi connectivity index (χ3n) is 3.62. The maximum absolute atomic E-state index is 11.3. The molecule has 2 rings (SSSR count). The highest BCUT2D eigenvalue weighted by molar-refractivity contribution is 6.36. The van der Waals surface area contributed by atoms with E-state index >= 15 is 0 Å². The van der Waals surface area contributed by atoms with E-state index in [1.54, 1.807) is 0 Å². The van der Waals surface area contributed by atoms with Crippen LogP contribution < -0.4 is 0 Å². The lowest BCUT2D eigenvalue weighted by molar-refractivity contribution is -0.187. The SMILES string of the molecule is CC[C@@]1(Cl)C(=O)O[C@H]1C1CCCCC1. The maximum atomic E-state index is 11.3. The molecule has 1 saturated heterocycles. The van der Waals surface area contributed by atoms with Crippen LogP contribution in [0.1, 0.15) is 45.4 Å². The fourth-order valence-electron chi connectivity index (χ4n) is 2.62. The number of carbonyl (C=O) groups is 1. The van der Waals surface area contributed by atoms with Gasteiger partial charge in [0.15, 0.2) is 4.87 Å². The van der Waals surface area contributed by atoms with Gasteiger partial charge in [0.2, 0.25) is 0 Å². The molecule has 0 aromatic rings. The largest absolute Gasteiger partial charge is 0.458 e. The molecule has 2 fully saturated rings. The molecule has 0 spiro atoms. The van der Waals surface area contributed by atoms with Gasteiger partial charge in [-0.05, 0) is 25.2 Å². The van der Waals surface area contributed by atoms with Crippen LogP contribution in [0.25, 0.3) is 0 Å². The molecule has 0 radical (unpaired) electrons. The number of hydrogen-bond acceptors (Lipinski definition) is 2. The van der Waals surface area contributed by atoms with Gasteiger partial charge in [-0.15, -0.1) is 11.6 Å². The molecule has 80 valence electrons. The van der Waals surface area contributed by atoms with Crippen molar-refractivity contribution >= 4 is 17.6 Å². The second-order valence-corrected chi connectivity index (χ2v) is 5.11. The minimum absolute atomic E-state index is 0.0121. The number of esters is 1. The Morgan fingerprint density at radius 3 is 2.57 bits per heavy atom. The van der Waals surface area contributed by atoms with E-state index in [0.717, 1.165) is 0 Å². The van der Waals surface area contributed by atoms with Crippen molar-refractivity contribution in [1.29, 1.82) is 0 Å². The van der Waals surface area contributed by atoms with Crippen molar-refractivity contribution in [2.45, 2.75) is 56.4 Å². The molecule has 0 unspecified atom stereocenters. The lowest BCUT2D eigenvalue weighted by Gasteiger charge is -2.46. The summed E-state index contributed by atoms with van der Waals surface area (Å²) in [5.74, 6) is 0.302. The zero-order chi connectivity index (χ0) is 10.2. The van der Waals surface area contributed by atoms with Gasteiger partial charge in [-0.25, -0.2) is 4.79 Å². The molecular formula is C11H17ClO2. The molecule has 2 atom stereocenters. The van der Waals surface area contributed by atoms with Gasteiger partial charge in [-0.3, -0.25) is 0 Å². The van der Waals surface area contributed by atoms with E-state index in [4.69, 9.17) is 16.3 Å². The van der Waals surface area contributed by atoms with E-state index < -0.39 is 4.87 Å². The summed E-state index contributed by atoms with van der Waals surface area (Å²) in [5, 5.41) is 0. The van der Waals surface area contributed by atoms with E-state index in [1.165, 1.54) is 32.1 Å². The predicted octanol–water partition coefficient (Wildman–Crippen LogP) is 2.88. The fraction of sp³-hybridized carbons (Fsp3) is 0.909. The average molecular weight is 217 g/mol. The quantitative estimate of drug-likeness (QED) is 0.524. The second-order valence-electron chi connectivity index (χ2n) is 4.44. The number of ether oxygens (including phenoxy) is 1. The lowest BCUT2D eigenvalue weighted by Crippen LogP contribution is -2.61. The monoisotopic (exact) mass is 216 g/mol. The minimum Gasteiger partial charge on any atom is -0.458 e. The van der Waals surface area contributed by atoms with E-state index in [-0.39, 0.29) is 12.1 Å². The molecule has 0 aromatic heterocycles. The van der Waals surface area contributed by atoms with Crippen molar-refractivity contribution in [3.8, 4) is 0 Å². The molecule has 3 heteroatoms. The third-order valence-corrected chi connectivity index (χ3v) is 4.25. The zero-order valence-corrected chi connectivity index (χ0v) is 9.35. The Labute approximate surface area is 90.0 Å². The molecule has 2 aliphatic rings. The Kier molecular flexibility index (Phi) is 2.74. The van der Waals surface area contributed by atoms with Crippen molar-refractivity contribution in [1.82, 2.24) is 0 Å². The van der Waals surface area contributed by atoms with Crippen molar-refractivity contribution in [2.24, 2.45) is 5.92 Å². The number of hydrogen-bond donors (Lipinski definition) is 0. The first-order valence-corrected chi connectivity index (χ1v) is 5.96. The summed E-state index contributed by atoms with van der Waals surface area (Å²) < 4.78 is 5.21. The molecule has 14 heavy (non-hydrogen) atoms. The van der Waals surface area contributed by atoms with Gasteiger partial charge < -0.3 is 4.74 Å². The fourth-order valence-corrected chi connectivity index (χ4v) is 2.88. The van der Waals surface area contributed by atoms with Crippen LogP contribution >= 0.6 is 11.6 Å². The molecule has 0 aromatic carbocycles. The van der Waals surface area contributed by atoms with Crippen molar-refractivity contribution < 1.29 is 9.53 Å². The Bertz CT molecular complexity index is 235. The maximum Gasteiger partial charge on any atom is 0.331 e. The molecule has 1 saturated carbocycles. The van der Waals surface area contributed by atoms with Gasteiger partial charge >= 0.3 is 5.97 Å². The van der Waals surface area contributed by atoms with Crippen LogP contribution in [0.15, 0.2) is 0 Å². The molecular weight excluding hydrogens is 200 g/mol. The van der Waals surface area contributed by atoms with Gasteiger partial charge in [0.1, 0.15) is 6.10 Å². The Hall–Kier alpha value is -0.240. The highest BCUT2D eigenvalue weighted by Crippen LogP contribution is 2.45. The molecule has 2 nitrogen and oxygen atoms in total. The predicted molar refractivity (Wildman–Crippen MR) is 55.3 cm³/mol. The first-order chi connectivity index (χ1) is 6.68. The lowest BCUT2D eigenvalue weighted by atomic mass is 9.76. The van der Waals surface area contributed by atoms with Gasteiger partial charge in [-0.2, -0.15) is 0 Å². The Balaban J connectivity index is 2.01. The summed E-state index contributed by atoms with van der Waals surface area (Å²) in [5.41, 5.74) is 0. The van der Waals surface area contributed by atoms with E-state index in [2.05, 4.69) is 0 Å². The van der Waals surface area contributed by atoms with Crippen LogP contribution in [0.5, 0.6) is 0 Å². The van der Waals surface area contributed by atoms with Crippen molar-refractivity contribution in [3.05, 3.63) is 0 Å². The number of carbonyl (C=O) groups excluding carboxylic acids is 1. The third kappa shape index (κ3) is 1.44. The van der Waals surface area contributed by atoms with Crippen LogP contribution in [-0.4, -0.2) is 16.9 Å². The average Bonchev–Trinajstić information content (AvgIpc) is 2.25. The van der Waals surface area contributed by atoms with Crippen LogP contribution in [0, 0.1) is 5.92 Å². The molecule has 0 bridgehead atoms. The van der Waals surface area contributed by atoms with Crippen LogP contribution in [-0.2, 0) is 9.53 Å². The zero-order valence-electron chi connectivity index (χ0n) is 8.59. The van der Waals surface area contributed by atoms with Crippen LogP contribution in [0.3, 0.4) is 0 Å². The summed E-state index contributed by atoms with van der Waals surface area (Å²) in [4.78, 5) is 10.6. The molecule has 1 aliphatic heterocycles. The first kappa shape index (κ1) is 10.3. The summed E-state index contributed by atoms with van der Waals surface area (Å²) in [6, 6.07) is 0. The van der Waals surface area contributed by atoms with Crippen molar-refractivity contribution in [3.63, 3.8) is 0 Å². The van der Waals surface area contributed by atoms with E-state index in [1.807, 2.05) is 6.92 Å². The molecule has 1 aliphatic carbocycles. The van der Waals surface area contributed by atoms with Gasteiger partial charge in [0, 0.05) is 0 Å². The smallest absolute Gasteiger partial charge is 0.331 e. The number of halogens is 1. The second kappa shape index (κ2) is 3.73. The van der Waals surface area contributed by atoms with Gasteiger partial charge in [-0.1, -0.05) is 26.2 Å². The van der Waals surface area contributed by atoms with Gasteiger partial charge in [0.25, 0.3) is 0 Å². The minimum atomic E-state index is -0.692. The summed E-state index contributed by atoms with van der Waals surface area (Å²) in [7, 11) is 0. The Morgan fingerprint density at radius 1 is 1.43 bits per heavy atom. The van der Waals surface area contributed by atoms with Gasteiger partial charge in [0.05, 0.1) is 0 Å². The highest BCUT2D eigenvalue weighted by Gasteiger charge is 2.58. The standard InChI is InChI=1S/C11H17ClO2/c1-2-11(12)9(14-10(11)13)8-6-4-3-5-7-8/h8-9H,2-7H2,1H3/t9-,11-/m0/s1. The topological polar surface area (TPSA) is 26.3 Å². The highest BCUT2D eigenvalue weighted by atomic mass is 35.5. The number of rotatable bonds is 2. The first-order valence-electron chi connectivity index (χ1n) is 5.58. The Morgan fingerprint density at radius 2 is 2.07 bits per heavy atom. The molecule has 1 heterocycles. The summed E-state index contributed by atoms with van der Waals surface area (Å²) >= 11 is 6.27. The number of cyclic esters (lactones) is 1. The van der Waals surface area contributed by atoms with E-state index in [9.17, 15) is 4.79 Å². The number of alkyl halides is 1. The van der Waals surface area contributed by atoms with Crippen LogP contribution in [0.4, 0.5) is 0 Å². The summed E-state index contributed by atoms with van der Waals surface area (Å²) in [6.07, 6.45) is 6.86. The molecule has 0 amide bonds.